The molecule has 0 atom stereocenters. The van der Waals surface area contributed by atoms with Crippen molar-refractivity contribution in [3.8, 4) is 11.6 Å². The van der Waals surface area contributed by atoms with E-state index in [-0.39, 0.29) is 0 Å². The molecule has 7 nitrogen and oxygen atoms in total. The van der Waals surface area contributed by atoms with Crippen molar-refractivity contribution in [2.45, 2.75) is 38.9 Å². The molecule has 1 saturated heterocycles. The number of para-hydroxylation sites is 1. The molecule has 144 valence electrons. The van der Waals surface area contributed by atoms with Gasteiger partial charge in [0.1, 0.15) is 5.75 Å². The second kappa shape index (κ2) is 6.81. The number of benzene rings is 1. The van der Waals surface area contributed by atoms with Crippen LogP contribution >= 0.6 is 0 Å². The van der Waals surface area contributed by atoms with Gasteiger partial charge >= 0.3 is 7.12 Å². The first kappa shape index (κ1) is 19.7. The number of pyridine rings is 1. The maximum absolute atomic E-state index is 11.6. The minimum Gasteiger partial charge on any atom is -0.439 e. The van der Waals surface area contributed by atoms with Crippen LogP contribution in [0.2, 0.25) is 0 Å². The number of nitrogens with one attached hydrogen (secondary N) is 1. The summed E-state index contributed by atoms with van der Waals surface area (Å²) in [5.41, 5.74) is -0.294. The molecule has 0 amide bonds. The first-order valence-corrected chi connectivity index (χ1v) is 10.4. The third kappa shape index (κ3) is 4.43. The predicted molar refractivity (Wildman–Crippen MR) is 105 cm³/mol. The number of hydrogen-bond acceptors (Lipinski definition) is 6. The zero-order valence-electron chi connectivity index (χ0n) is 16.0. The Hall–Kier alpha value is -2.10. The molecule has 2 heterocycles. The Morgan fingerprint density at radius 2 is 1.67 bits per heavy atom. The van der Waals surface area contributed by atoms with Crippen molar-refractivity contribution >= 4 is 28.3 Å². The van der Waals surface area contributed by atoms with Gasteiger partial charge in [0.05, 0.1) is 29.3 Å². The number of hydrogen-bond donors (Lipinski definition) is 1. The second-order valence-corrected chi connectivity index (χ2v) is 9.24. The SMILES string of the molecule is CC1(C)OB(c2cc(NS(C)(=O)=O)cnc2Oc2ccccc2)OC1(C)C. The standard InChI is InChI=1S/C18H23BN2O5S/c1-17(2)18(3,4)26-19(25-17)15-11-13(21-27(5,22)23)12-20-16(15)24-14-9-7-6-8-10-14/h6-12,21H,1-5H3. The van der Waals surface area contributed by atoms with Crippen LogP contribution in [0.3, 0.4) is 0 Å². The summed E-state index contributed by atoms with van der Waals surface area (Å²) in [5, 5.41) is 0. The molecule has 2 aromatic rings. The summed E-state index contributed by atoms with van der Waals surface area (Å²) in [6, 6.07) is 10.8. The van der Waals surface area contributed by atoms with E-state index in [4.69, 9.17) is 14.0 Å². The molecular formula is C18H23BN2O5S. The highest BCUT2D eigenvalue weighted by Crippen LogP contribution is 2.37. The van der Waals surface area contributed by atoms with Crippen molar-refractivity contribution in [2.75, 3.05) is 11.0 Å². The summed E-state index contributed by atoms with van der Waals surface area (Å²) in [5.74, 6) is 0.894. The summed E-state index contributed by atoms with van der Waals surface area (Å²) in [6.07, 6.45) is 2.48. The molecule has 0 saturated carbocycles. The number of nitrogens with zero attached hydrogens (tertiary/aromatic N) is 1. The Morgan fingerprint density at radius 3 is 2.22 bits per heavy atom. The maximum atomic E-state index is 11.6. The molecule has 1 fully saturated rings. The van der Waals surface area contributed by atoms with Gasteiger partial charge in [-0.1, -0.05) is 18.2 Å². The van der Waals surface area contributed by atoms with Crippen LogP contribution in [0.15, 0.2) is 42.6 Å². The fraction of sp³-hybridized carbons (Fsp3) is 0.389. The van der Waals surface area contributed by atoms with Gasteiger partial charge in [-0.25, -0.2) is 13.4 Å². The van der Waals surface area contributed by atoms with E-state index in [1.807, 2.05) is 45.9 Å². The summed E-state index contributed by atoms with van der Waals surface area (Å²) < 4.78 is 43.7. The molecule has 0 spiro atoms. The molecule has 0 unspecified atom stereocenters. The van der Waals surface area contributed by atoms with Crippen LogP contribution in [-0.2, 0) is 19.3 Å². The van der Waals surface area contributed by atoms with Crippen molar-refractivity contribution in [1.29, 1.82) is 0 Å². The van der Waals surface area contributed by atoms with Gasteiger partial charge in [-0.2, -0.15) is 0 Å². The first-order valence-electron chi connectivity index (χ1n) is 8.53. The summed E-state index contributed by atoms with van der Waals surface area (Å²) in [7, 11) is -4.19. The molecule has 1 N–H and O–H groups in total. The Morgan fingerprint density at radius 1 is 1.07 bits per heavy atom. The molecule has 3 rings (SSSR count). The van der Waals surface area contributed by atoms with Crippen molar-refractivity contribution in [1.82, 2.24) is 4.98 Å². The molecule has 27 heavy (non-hydrogen) atoms. The smallest absolute Gasteiger partial charge is 0.439 e. The summed E-state index contributed by atoms with van der Waals surface area (Å²) in [6.45, 7) is 7.76. The lowest BCUT2D eigenvalue weighted by molar-refractivity contribution is 0.00578. The van der Waals surface area contributed by atoms with E-state index in [0.717, 1.165) is 6.26 Å². The molecular weight excluding hydrogens is 367 g/mol. The lowest BCUT2D eigenvalue weighted by Crippen LogP contribution is -2.41. The third-order valence-corrected chi connectivity index (χ3v) is 5.25. The monoisotopic (exact) mass is 390 g/mol. The molecule has 0 radical (unpaired) electrons. The highest BCUT2D eigenvalue weighted by molar-refractivity contribution is 7.92. The van der Waals surface area contributed by atoms with Crippen LogP contribution in [0, 0.1) is 0 Å². The quantitative estimate of drug-likeness (QED) is 0.790. The molecule has 1 aliphatic rings. The molecule has 1 aromatic carbocycles. The van der Waals surface area contributed by atoms with Crippen LogP contribution in [-0.4, -0.2) is 38.0 Å². The normalized spacial score (nSPS) is 18.3. The lowest BCUT2D eigenvalue weighted by atomic mass is 9.79. The average molecular weight is 390 g/mol. The largest absolute Gasteiger partial charge is 0.500 e. The number of ether oxygens (including phenoxy) is 1. The van der Waals surface area contributed by atoms with Gasteiger partial charge in [0, 0.05) is 5.46 Å². The van der Waals surface area contributed by atoms with Gasteiger partial charge in [-0.15, -0.1) is 0 Å². The molecule has 0 aliphatic carbocycles. The van der Waals surface area contributed by atoms with E-state index in [9.17, 15) is 8.42 Å². The molecule has 0 bridgehead atoms. The van der Waals surface area contributed by atoms with Gasteiger partial charge in [-0.3, -0.25) is 4.72 Å². The predicted octanol–water partition coefficient (Wildman–Crippen LogP) is 2.54. The Balaban J connectivity index is 2.01. The second-order valence-electron chi connectivity index (χ2n) is 7.50. The number of anilines is 1. The molecule has 9 heteroatoms. The van der Waals surface area contributed by atoms with E-state index >= 15 is 0 Å². The van der Waals surface area contributed by atoms with E-state index in [1.54, 1.807) is 18.2 Å². The van der Waals surface area contributed by atoms with Crippen molar-refractivity contribution in [2.24, 2.45) is 0 Å². The maximum Gasteiger partial charge on any atom is 0.500 e. The summed E-state index contributed by atoms with van der Waals surface area (Å²) in [4.78, 5) is 4.29. The fourth-order valence-electron chi connectivity index (χ4n) is 2.56. The minimum atomic E-state index is -3.45. The van der Waals surface area contributed by atoms with Gasteiger partial charge in [0.25, 0.3) is 0 Å². The van der Waals surface area contributed by atoms with E-state index in [0.29, 0.717) is 22.8 Å². The van der Waals surface area contributed by atoms with E-state index in [2.05, 4.69) is 9.71 Å². The minimum absolute atomic E-state index is 0.291. The summed E-state index contributed by atoms with van der Waals surface area (Å²) >= 11 is 0. The van der Waals surface area contributed by atoms with Gasteiger partial charge < -0.3 is 14.0 Å². The molecule has 1 aromatic heterocycles. The van der Waals surface area contributed by atoms with Crippen molar-refractivity contribution in [3.63, 3.8) is 0 Å². The fourth-order valence-corrected chi connectivity index (χ4v) is 3.10. The van der Waals surface area contributed by atoms with Crippen LogP contribution in [0.1, 0.15) is 27.7 Å². The third-order valence-electron chi connectivity index (χ3n) is 4.65. The first-order chi connectivity index (χ1) is 12.5. The molecule has 1 aliphatic heterocycles. The number of rotatable bonds is 5. The Kier molecular flexibility index (Phi) is 4.96. The number of aromatic nitrogens is 1. The zero-order chi connectivity index (χ0) is 19.9. The zero-order valence-corrected chi connectivity index (χ0v) is 16.8. The topological polar surface area (TPSA) is 86.8 Å². The van der Waals surface area contributed by atoms with Crippen molar-refractivity contribution < 1.29 is 22.5 Å². The highest BCUT2D eigenvalue weighted by Gasteiger charge is 2.52. The van der Waals surface area contributed by atoms with Gasteiger partial charge in [0.2, 0.25) is 15.9 Å². The average Bonchev–Trinajstić information content (AvgIpc) is 2.76. The van der Waals surface area contributed by atoms with Crippen LogP contribution in [0.5, 0.6) is 11.6 Å². The lowest BCUT2D eigenvalue weighted by Gasteiger charge is -2.32. The van der Waals surface area contributed by atoms with Crippen LogP contribution in [0.25, 0.3) is 0 Å². The highest BCUT2D eigenvalue weighted by atomic mass is 32.2. The van der Waals surface area contributed by atoms with Crippen LogP contribution in [0.4, 0.5) is 5.69 Å². The van der Waals surface area contributed by atoms with Crippen LogP contribution < -0.4 is 14.9 Å². The van der Waals surface area contributed by atoms with Gasteiger partial charge in [-0.05, 0) is 45.9 Å². The van der Waals surface area contributed by atoms with Crippen molar-refractivity contribution in [3.05, 3.63) is 42.6 Å². The number of sulfonamides is 1. The Bertz CT molecular complexity index is 916. The Labute approximate surface area is 160 Å². The van der Waals surface area contributed by atoms with E-state index in [1.165, 1.54) is 6.20 Å². The van der Waals surface area contributed by atoms with Gasteiger partial charge in [0.15, 0.2) is 0 Å². The van der Waals surface area contributed by atoms with E-state index < -0.39 is 28.3 Å².